The van der Waals surface area contributed by atoms with Crippen LogP contribution in [0.3, 0.4) is 0 Å². The van der Waals surface area contributed by atoms with Crippen LogP contribution in [-0.2, 0) is 22.4 Å². The fourth-order valence-corrected chi connectivity index (χ4v) is 3.77. The second kappa shape index (κ2) is 7.68. The number of hydrogen-bond donors (Lipinski definition) is 1. The van der Waals surface area contributed by atoms with E-state index in [4.69, 9.17) is 4.74 Å². The first-order valence-corrected chi connectivity index (χ1v) is 9.30. The monoisotopic (exact) mass is 376 g/mol. The van der Waals surface area contributed by atoms with Crippen LogP contribution in [0.25, 0.3) is 0 Å². The van der Waals surface area contributed by atoms with Gasteiger partial charge in [0.1, 0.15) is 5.75 Å². The highest BCUT2D eigenvalue weighted by atomic mass is 16.6. The zero-order valence-corrected chi connectivity index (χ0v) is 15.3. The summed E-state index contributed by atoms with van der Waals surface area (Å²) in [5.41, 5.74) is 2.87. The van der Waals surface area contributed by atoms with Crippen LogP contribution >= 0.6 is 0 Å². The average molecular weight is 376 g/mol. The number of nitrogens with zero attached hydrogens (tertiary/aromatic N) is 1. The Bertz CT molecular complexity index is 934. The highest BCUT2D eigenvalue weighted by molar-refractivity contribution is 6.13. The Kier molecular flexibility index (Phi) is 4.93. The SMILES string of the molecule is O=C(NCCc1ccccc1)Oc1cccc2c1CC[C@@H]2N1C(=O)C=CC1=O. The highest BCUT2D eigenvalue weighted by Crippen LogP contribution is 2.41. The van der Waals surface area contributed by atoms with Gasteiger partial charge in [0.05, 0.1) is 6.04 Å². The van der Waals surface area contributed by atoms with Crippen molar-refractivity contribution in [2.45, 2.75) is 25.3 Å². The smallest absolute Gasteiger partial charge is 0.410 e. The van der Waals surface area contributed by atoms with E-state index in [-0.39, 0.29) is 17.9 Å². The van der Waals surface area contributed by atoms with Crippen LogP contribution in [-0.4, -0.2) is 29.4 Å². The molecule has 142 valence electrons. The van der Waals surface area contributed by atoms with Gasteiger partial charge in [-0.25, -0.2) is 4.79 Å². The quantitative estimate of drug-likeness (QED) is 0.814. The lowest BCUT2D eigenvalue weighted by molar-refractivity contribution is -0.139. The molecule has 1 heterocycles. The molecule has 3 amide bonds. The highest BCUT2D eigenvalue weighted by Gasteiger charge is 2.37. The Morgan fingerprint density at radius 2 is 1.79 bits per heavy atom. The van der Waals surface area contributed by atoms with Crippen molar-refractivity contribution in [3.05, 3.63) is 77.4 Å². The number of benzene rings is 2. The summed E-state index contributed by atoms with van der Waals surface area (Å²) in [5, 5.41) is 2.76. The van der Waals surface area contributed by atoms with Gasteiger partial charge in [-0.05, 0) is 36.5 Å². The maximum absolute atomic E-state index is 12.2. The lowest BCUT2D eigenvalue weighted by Gasteiger charge is -2.23. The van der Waals surface area contributed by atoms with E-state index in [1.54, 1.807) is 12.1 Å². The number of hydrogen-bond acceptors (Lipinski definition) is 4. The fourth-order valence-electron chi connectivity index (χ4n) is 3.77. The standard InChI is InChI=1S/C22H20N2O4/c25-20-11-12-21(26)24(20)18-10-9-17-16(18)7-4-8-19(17)28-22(27)23-14-13-15-5-2-1-3-6-15/h1-8,11-12,18H,9-10,13-14H2,(H,23,27)/t18-/m0/s1. The summed E-state index contributed by atoms with van der Waals surface area (Å²) in [7, 11) is 0. The number of carbonyl (C=O) groups is 3. The topological polar surface area (TPSA) is 75.7 Å². The second-order valence-corrected chi connectivity index (χ2v) is 6.81. The molecule has 6 nitrogen and oxygen atoms in total. The van der Waals surface area contributed by atoms with E-state index in [1.165, 1.54) is 17.1 Å². The van der Waals surface area contributed by atoms with Crippen molar-refractivity contribution in [3.63, 3.8) is 0 Å². The molecule has 6 heteroatoms. The fraction of sp³-hybridized carbons (Fsp3) is 0.227. The first kappa shape index (κ1) is 18.0. The lowest BCUT2D eigenvalue weighted by Crippen LogP contribution is -2.33. The maximum Gasteiger partial charge on any atom is 0.412 e. The van der Waals surface area contributed by atoms with Gasteiger partial charge in [-0.15, -0.1) is 0 Å². The molecule has 1 N–H and O–H groups in total. The molecule has 0 fully saturated rings. The zero-order valence-electron chi connectivity index (χ0n) is 15.3. The van der Waals surface area contributed by atoms with Crippen molar-refractivity contribution in [3.8, 4) is 5.75 Å². The number of ether oxygens (including phenoxy) is 1. The molecular formula is C22H20N2O4. The molecular weight excluding hydrogens is 356 g/mol. The number of imide groups is 1. The molecule has 0 unspecified atom stereocenters. The molecule has 2 aromatic rings. The largest absolute Gasteiger partial charge is 0.412 e. The average Bonchev–Trinajstić information content (AvgIpc) is 3.26. The summed E-state index contributed by atoms with van der Waals surface area (Å²) < 4.78 is 5.51. The zero-order chi connectivity index (χ0) is 19.5. The van der Waals surface area contributed by atoms with Crippen molar-refractivity contribution >= 4 is 17.9 Å². The molecule has 1 aliphatic carbocycles. The van der Waals surface area contributed by atoms with Gasteiger partial charge in [-0.3, -0.25) is 14.5 Å². The minimum atomic E-state index is -0.511. The Morgan fingerprint density at radius 3 is 2.54 bits per heavy atom. The van der Waals surface area contributed by atoms with E-state index in [0.717, 1.165) is 23.1 Å². The lowest BCUT2D eigenvalue weighted by atomic mass is 10.1. The van der Waals surface area contributed by atoms with Crippen LogP contribution in [0.1, 0.15) is 29.2 Å². The number of nitrogens with one attached hydrogen (secondary N) is 1. The summed E-state index contributed by atoms with van der Waals surface area (Å²) >= 11 is 0. The van der Waals surface area contributed by atoms with Gasteiger partial charge in [0, 0.05) is 24.3 Å². The van der Waals surface area contributed by atoms with Crippen LogP contribution in [0.5, 0.6) is 5.75 Å². The third-order valence-electron chi connectivity index (χ3n) is 5.08. The van der Waals surface area contributed by atoms with Crippen molar-refractivity contribution in [2.24, 2.45) is 0 Å². The van der Waals surface area contributed by atoms with Gasteiger partial charge in [0.15, 0.2) is 0 Å². The third kappa shape index (κ3) is 3.53. The molecule has 28 heavy (non-hydrogen) atoms. The first-order valence-electron chi connectivity index (χ1n) is 9.30. The van der Waals surface area contributed by atoms with E-state index in [1.807, 2.05) is 36.4 Å². The first-order chi connectivity index (χ1) is 13.6. The maximum atomic E-state index is 12.2. The minimum Gasteiger partial charge on any atom is -0.410 e. The molecule has 0 saturated carbocycles. The second-order valence-electron chi connectivity index (χ2n) is 6.81. The Hall–Kier alpha value is -3.41. The third-order valence-corrected chi connectivity index (χ3v) is 5.08. The van der Waals surface area contributed by atoms with Crippen LogP contribution in [0.4, 0.5) is 4.79 Å². The van der Waals surface area contributed by atoms with E-state index in [0.29, 0.717) is 25.1 Å². The molecule has 4 rings (SSSR count). The van der Waals surface area contributed by atoms with Gasteiger partial charge >= 0.3 is 6.09 Å². The normalized spacial score (nSPS) is 17.7. The van der Waals surface area contributed by atoms with Crippen molar-refractivity contribution in [2.75, 3.05) is 6.54 Å². The molecule has 0 radical (unpaired) electrons. The van der Waals surface area contributed by atoms with Crippen LogP contribution in [0, 0.1) is 0 Å². The van der Waals surface area contributed by atoms with Crippen LogP contribution in [0.2, 0.25) is 0 Å². The Labute approximate surface area is 162 Å². The summed E-state index contributed by atoms with van der Waals surface area (Å²) in [4.78, 5) is 37.5. The summed E-state index contributed by atoms with van der Waals surface area (Å²) in [6, 6.07) is 15.0. The molecule has 0 spiro atoms. The summed E-state index contributed by atoms with van der Waals surface area (Å²) in [6.07, 6.45) is 4.07. The minimum absolute atomic E-state index is 0.298. The van der Waals surface area contributed by atoms with Gasteiger partial charge in [0.25, 0.3) is 11.8 Å². The molecule has 1 aliphatic heterocycles. The molecule has 2 aromatic carbocycles. The predicted octanol–water partition coefficient (Wildman–Crippen LogP) is 2.93. The number of carbonyl (C=O) groups excluding carboxylic acids is 3. The summed E-state index contributed by atoms with van der Waals surface area (Å²) in [5.74, 6) is -0.120. The van der Waals surface area contributed by atoms with Crippen LogP contribution in [0.15, 0.2) is 60.7 Å². The molecule has 2 aliphatic rings. The number of amides is 3. The van der Waals surface area contributed by atoms with Gasteiger partial charge in [-0.2, -0.15) is 0 Å². The Balaban J connectivity index is 1.40. The van der Waals surface area contributed by atoms with E-state index in [9.17, 15) is 14.4 Å². The molecule has 1 atom stereocenters. The summed E-state index contributed by atoms with van der Waals surface area (Å²) in [6.45, 7) is 0.475. The molecule has 0 aromatic heterocycles. The van der Waals surface area contributed by atoms with E-state index < -0.39 is 6.09 Å². The van der Waals surface area contributed by atoms with Gasteiger partial charge < -0.3 is 10.1 Å². The van der Waals surface area contributed by atoms with Crippen molar-refractivity contribution < 1.29 is 19.1 Å². The van der Waals surface area contributed by atoms with Crippen LogP contribution < -0.4 is 10.1 Å². The molecule has 0 saturated heterocycles. The van der Waals surface area contributed by atoms with Crippen molar-refractivity contribution in [1.29, 1.82) is 0 Å². The number of rotatable bonds is 5. The van der Waals surface area contributed by atoms with Gasteiger partial charge in [-0.1, -0.05) is 42.5 Å². The van der Waals surface area contributed by atoms with Gasteiger partial charge in [0.2, 0.25) is 0 Å². The van der Waals surface area contributed by atoms with E-state index in [2.05, 4.69) is 5.32 Å². The van der Waals surface area contributed by atoms with Crippen molar-refractivity contribution in [1.82, 2.24) is 10.2 Å². The predicted molar refractivity (Wildman–Crippen MR) is 103 cm³/mol. The number of fused-ring (bicyclic) bond motifs is 1. The molecule has 0 bridgehead atoms. The van der Waals surface area contributed by atoms with E-state index >= 15 is 0 Å². The Morgan fingerprint density at radius 1 is 1.04 bits per heavy atom.